The van der Waals surface area contributed by atoms with Crippen molar-refractivity contribution in [1.82, 2.24) is 0 Å². The third-order valence-electron chi connectivity index (χ3n) is 2.86. The molecule has 0 heterocycles. The molecule has 0 spiro atoms. The van der Waals surface area contributed by atoms with Crippen LogP contribution in [0.2, 0.25) is 0 Å². The number of hydrogen-bond acceptors (Lipinski definition) is 5. The van der Waals surface area contributed by atoms with E-state index in [1.807, 2.05) is 6.07 Å². The fraction of sp³-hybridized carbons (Fsp3) is 0.125. The number of para-hydroxylation sites is 3. The predicted octanol–water partition coefficient (Wildman–Crippen LogP) is 2.52. The molecule has 1 amide bonds. The van der Waals surface area contributed by atoms with E-state index in [9.17, 15) is 4.79 Å². The van der Waals surface area contributed by atoms with E-state index in [1.54, 1.807) is 42.5 Å². The van der Waals surface area contributed by atoms with E-state index in [0.29, 0.717) is 22.7 Å². The Bertz CT molecular complexity index is 671. The van der Waals surface area contributed by atoms with E-state index in [2.05, 4.69) is 10.5 Å². The van der Waals surface area contributed by atoms with E-state index in [4.69, 9.17) is 14.7 Å². The molecule has 2 aromatic rings. The van der Waals surface area contributed by atoms with Gasteiger partial charge in [0.25, 0.3) is 5.91 Å². The highest BCUT2D eigenvalue weighted by atomic mass is 16.5. The van der Waals surface area contributed by atoms with Gasteiger partial charge in [0, 0.05) is 5.56 Å². The highest BCUT2D eigenvalue weighted by molar-refractivity contribution is 5.93. The molecule has 0 aliphatic heterocycles. The summed E-state index contributed by atoms with van der Waals surface area (Å²) in [5.41, 5.74) is 1.15. The number of rotatable bonds is 6. The minimum Gasteiger partial charge on any atom is -0.495 e. The average Bonchev–Trinajstić information content (AvgIpc) is 2.55. The van der Waals surface area contributed by atoms with Gasteiger partial charge in [-0.1, -0.05) is 29.4 Å². The molecule has 0 unspecified atom stereocenters. The zero-order chi connectivity index (χ0) is 15.8. The maximum absolute atomic E-state index is 11.9. The topological polar surface area (TPSA) is 80.2 Å². The van der Waals surface area contributed by atoms with Gasteiger partial charge in [0.2, 0.25) is 0 Å². The predicted molar refractivity (Wildman–Crippen MR) is 82.9 cm³/mol. The molecule has 0 saturated heterocycles. The van der Waals surface area contributed by atoms with Gasteiger partial charge < -0.3 is 20.0 Å². The fourth-order valence-electron chi connectivity index (χ4n) is 1.86. The van der Waals surface area contributed by atoms with Gasteiger partial charge in [-0.15, -0.1) is 0 Å². The third kappa shape index (κ3) is 3.99. The Kier molecular flexibility index (Phi) is 5.37. The van der Waals surface area contributed by atoms with Crippen LogP contribution in [0.4, 0.5) is 5.69 Å². The van der Waals surface area contributed by atoms with Crippen molar-refractivity contribution < 1.29 is 19.5 Å². The van der Waals surface area contributed by atoms with Crippen LogP contribution in [0.15, 0.2) is 53.7 Å². The van der Waals surface area contributed by atoms with Crippen LogP contribution in [0.1, 0.15) is 5.56 Å². The number of ether oxygens (including phenoxy) is 2. The van der Waals surface area contributed by atoms with Crippen molar-refractivity contribution in [3.63, 3.8) is 0 Å². The molecular weight excluding hydrogens is 284 g/mol. The average molecular weight is 300 g/mol. The Hall–Kier alpha value is -3.02. The third-order valence-corrected chi connectivity index (χ3v) is 2.86. The SMILES string of the molecule is COc1ccccc1NC(=O)COc1ccccc1C=NO. The van der Waals surface area contributed by atoms with Crippen LogP contribution in [-0.2, 0) is 4.79 Å². The van der Waals surface area contributed by atoms with Gasteiger partial charge in [0.15, 0.2) is 6.61 Å². The molecule has 0 aliphatic carbocycles. The summed E-state index contributed by atoms with van der Waals surface area (Å²) in [5, 5.41) is 14.3. The number of anilines is 1. The first-order valence-corrected chi connectivity index (χ1v) is 6.56. The minimum atomic E-state index is -0.319. The summed E-state index contributed by atoms with van der Waals surface area (Å²) in [5.74, 6) is 0.708. The molecule has 2 rings (SSSR count). The van der Waals surface area contributed by atoms with E-state index in [-0.39, 0.29) is 12.5 Å². The van der Waals surface area contributed by atoms with Crippen molar-refractivity contribution >= 4 is 17.8 Å². The molecule has 0 atom stereocenters. The Morgan fingerprint density at radius 2 is 1.86 bits per heavy atom. The number of methoxy groups -OCH3 is 1. The van der Waals surface area contributed by atoms with Gasteiger partial charge >= 0.3 is 0 Å². The number of amides is 1. The number of hydrogen-bond donors (Lipinski definition) is 2. The molecule has 0 aliphatic rings. The van der Waals surface area contributed by atoms with Crippen LogP contribution < -0.4 is 14.8 Å². The largest absolute Gasteiger partial charge is 0.495 e. The Labute approximate surface area is 128 Å². The Morgan fingerprint density at radius 1 is 1.18 bits per heavy atom. The van der Waals surface area contributed by atoms with Crippen LogP contribution in [0.5, 0.6) is 11.5 Å². The van der Waals surface area contributed by atoms with Crippen molar-refractivity contribution in [2.45, 2.75) is 0 Å². The molecule has 0 saturated carbocycles. The highest BCUT2D eigenvalue weighted by Crippen LogP contribution is 2.23. The quantitative estimate of drug-likeness (QED) is 0.488. The maximum atomic E-state index is 11.9. The summed E-state index contributed by atoms with van der Waals surface area (Å²) in [6.07, 6.45) is 1.24. The van der Waals surface area contributed by atoms with Crippen molar-refractivity contribution in [3.05, 3.63) is 54.1 Å². The molecule has 0 radical (unpaired) electrons. The molecular formula is C16H16N2O4. The Balaban J connectivity index is 1.99. The van der Waals surface area contributed by atoms with Crippen LogP contribution in [0, 0.1) is 0 Å². The second kappa shape index (κ2) is 7.68. The van der Waals surface area contributed by atoms with Crippen LogP contribution >= 0.6 is 0 Å². The maximum Gasteiger partial charge on any atom is 0.262 e. The number of benzene rings is 2. The first kappa shape index (κ1) is 15.4. The van der Waals surface area contributed by atoms with Crippen LogP contribution in [0.25, 0.3) is 0 Å². The summed E-state index contributed by atoms with van der Waals surface area (Å²) in [6.45, 7) is -0.172. The van der Waals surface area contributed by atoms with Gasteiger partial charge in [-0.3, -0.25) is 4.79 Å². The van der Waals surface area contributed by atoms with Gasteiger partial charge in [-0.05, 0) is 24.3 Å². The second-order valence-corrected chi connectivity index (χ2v) is 4.32. The molecule has 0 bridgehead atoms. The first-order chi connectivity index (χ1) is 10.7. The standard InChI is InChI=1S/C16H16N2O4/c1-21-15-9-5-3-7-13(15)18-16(19)11-22-14-8-4-2-6-12(14)10-17-20/h2-10,20H,11H2,1H3,(H,18,19). The molecule has 2 aromatic carbocycles. The summed E-state index contributed by atoms with van der Waals surface area (Å²) < 4.78 is 10.6. The molecule has 2 N–H and O–H groups in total. The van der Waals surface area contributed by atoms with Crippen molar-refractivity contribution in [2.24, 2.45) is 5.16 Å². The molecule has 0 aromatic heterocycles. The molecule has 6 heteroatoms. The second-order valence-electron chi connectivity index (χ2n) is 4.32. The fourth-order valence-corrected chi connectivity index (χ4v) is 1.86. The molecule has 114 valence electrons. The zero-order valence-corrected chi connectivity index (χ0v) is 12.0. The van der Waals surface area contributed by atoms with E-state index < -0.39 is 0 Å². The minimum absolute atomic E-state index is 0.172. The molecule has 6 nitrogen and oxygen atoms in total. The summed E-state index contributed by atoms with van der Waals surface area (Å²) >= 11 is 0. The zero-order valence-electron chi connectivity index (χ0n) is 12.0. The van der Waals surface area contributed by atoms with Crippen molar-refractivity contribution in [2.75, 3.05) is 19.0 Å². The lowest BCUT2D eigenvalue weighted by atomic mass is 10.2. The van der Waals surface area contributed by atoms with Crippen LogP contribution in [-0.4, -0.2) is 31.0 Å². The van der Waals surface area contributed by atoms with E-state index >= 15 is 0 Å². The lowest BCUT2D eigenvalue weighted by molar-refractivity contribution is -0.118. The summed E-state index contributed by atoms with van der Waals surface area (Å²) in [6, 6.07) is 14.1. The van der Waals surface area contributed by atoms with Gasteiger partial charge in [-0.25, -0.2) is 0 Å². The highest BCUT2D eigenvalue weighted by Gasteiger charge is 2.09. The molecule has 22 heavy (non-hydrogen) atoms. The smallest absolute Gasteiger partial charge is 0.262 e. The molecule has 0 fully saturated rings. The number of nitrogens with zero attached hydrogens (tertiary/aromatic N) is 1. The summed E-state index contributed by atoms with van der Waals surface area (Å²) in [7, 11) is 1.53. The monoisotopic (exact) mass is 300 g/mol. The number of oxime groups is 1. The van der Waals surface area contributed by atoms with E-state index in [0.717, 1.165) is 0 Å². The van der Waals surface area contributed by atoms with Crippen LogP contribution in [0.3, 0.4) is 0 Å². The van der Waals surface area contributed by atoms with Crippen molar-refractivity contribution in [1.29, 1.82) is 0 Å². The number of carbonyl (C=O) groups excluding carboxylic acids is 1. The first-order valence-electron chi connectivity index (χ1n) is 6.56. The van der Waals surface area contributed by atoms with E-state index in [1.165, 1.54) is 13.3 Å². The summed E-state index contributed by atoms with van der Waals surface area (Å²) in [4.78, 5) is 11.9. The van der Waals surface area contributed by atoms with Gasteiger partial charge in [0.1, 0.15) is 11.5 Å². The lowest BCUT2D eigenvalue weighted by Gasteiger charge is -2.11. The Morgan fingerprint density at radius 3 is 2.59 bits per heavy atom. The van der Waals surface area contributed by atoms with Gasteiger partial charge in [0.05, 0.1) is 19.0 Å². The van der Waals surface area contributed by atoms with Gasteiger partial charge in [-0.2, -0.15) is 0 Å². The van der Waals surface area contributed by atoms with Crippen molar-refractivity contribution in [3.8, 4) is 11.5 Å². The number of carbonyl (C=O) groups is 1. The normalized spacial score (nSPS) is 10.4. The number of nitrogens with one attached hydrogen (secondary N) is 1. The lowest BCUT2D eigenvalue weighted by Crippen LogP contribution is -2.20.